The van der Waals surface area contributed by atoms with Crippen molar-refractivity contribution in [3.05, 3.63) is 77.2 Å². The van der Waals surface area contributed by atoms with Gasteiger partial charge in [-0.1, -0.05) is 42.5 Å². The molecule has 30 heavy (non-hydrogen) atoms. The number of carbonyl (C=O) groups excluding carboxylic acids is 2. The van der Waals surface area contributed by atoms with Crippen LogP contribution in [0.3, 0.4) is 0 Å². The number of ether oxygens (including phenoxy) is 1. The molecule has 4 rings (SSSR count). The predicted molar refractivity (Wildman–Crippen MR) is 112 cm³/mol. The number of nitrogens with zero attached hydrogens (tertiary/aromatic N) is 2. The maximum absolute atomic E-state index is 13.4. The van der Waals surface area contributed by atoms with Crippen molar-refractivity contribution in [3.8, 4) is 0 Å². The third-order valence-electron chi connectivity index (χ3n) is 5.48. The van der Waals surface area contributed by atoms with Crippen LogP contribution in [0.5, 0.6) is 0 Å². The van der Waals surface area contributed by atoms with Gasteiger partial charge >= 0.3 is 0 Å². The minimum absolute atomic E-state index is 0.0329. The highest BCUT2D eigenvalue weighted by molar-refractivity contribution is 6.35. The third kappa shape index (κ3) is 4.00. The molecule has 2 amide bonds. The van der Waals surface area contributed by atoms with E-state index < -0.39 is 0 Å². The lowest BCUT2D eigenvalue weighted by Crippen LogP contribution is -2.47. The van der Waals surface area contributed by atoms with Crippen LogP contribution in [0.1, 0.15) is 25.0 Å². The van der Waals surface area contributed by atoms with Crippen molar-refractivity contribution in [1.82, 2.24) is 9.80 Å². The molecule has 2 atom stereocenters. The van der Waals surface area contributed by atoms with Gasteiger partial charge in [0.15, 0.2) is 0 Å². The van der Waals surface area contributed by atoms with Crippen LogP contribution in [0.4, 0.5) is 4.39 Å². The molecule has 0 N–H and O–H groups in total. The van der Waals surface area contributed by atoms with E-state index in [4.69, 9.17) is 4.74 Å². The first-order valence-corrected chi connectivity index (χ1v) is 10.2. The standard InChI is InChI=1S/C24H25FN2O3/c1-16-14-26(15-17(2)30-16)22-21(19-6-4-3-5-7-19)23(28)27(24(22)29)13-12-18-8-10-20(25)11-9-18/h3-11,16-17H,12-15H2,1-2H3. The van der Waals surface area contributed by atoms with Gasteiger partial charge in [0.05, 0.1) is 17.8 Å². The summed E-state index contributed by atoms with van der Waals surface area (Å²) in [5.41, 5.74) is 2.51. The summed E-state index contributed by atoms with van der Waals surface area (Å²) in [4.78, 5) is 30.0. The fourth-order valence-electron chi connectivity index (χ4n) is 4.18. The summed E-state index contributed by atoms with van der Waals surface area (Å²) in [6.45, 7) is 5.30. The van der Waals surface area contributed by atoms with E-state index in [0.717, 1.165) is 11.1 Å². The first-order valence-electron chi connectivity index (χ1n) is 10.2. The predicted octanol–water partition coefficient (Wildman–Crippen LogP) is 3.26. The molecule has 1 fully saturated rings. The average molecular weight is 408 g/mol. The lowest BCUT2D eigenvalue weighted by atomic mass is 10.0. The fourth-order valence-corrected chi connectivity index (χ4v) is 4.18. The zero-order valence-electron chi connectivity index (χ0n) is 17.2. The Hall–Kier alpha value is -2.99. The summed E-state index contributed by atoms with van der Waals surface area (Å²) in [5.74, 6) is -0.865. The van der Waals surface area contributed by atoms with Crippen LogP contribution in [0.25, 0.3) is 5.57 Å². The number of halogens is 1. The van der Waals surface area contributed by atoms with Gasteiger partial charge in [-0.15, -0.1) is 0 Å². The van der Waals surface area contributed by atoms with E-state index in [1.807, 2.05) is 49.1 Å². The lowest BCUT2D eigenvalue weighted by Gasteiger charge is -2.37. The first-order chi connectivity index (χ1) is 14.4. The van der Waals surface area contributed by atoms with Gasteiger partial charge in [-0.25, -0.2) is 4.39 Å². The summed E-state index contributed by atoms with van der Waals surface area (Å²) in [5, 5.41) is 0. The second-order valence-corrected chi connectivity index (χ2v) is 7.89. The van der Waals surface area contributed by atoms with Crippen molar-refractivity contribution in [2.45, 2.75) is 32.5 Å². The molecule has 2 heterocycles. The minimum Gasteiger partial charge on any atom is -0.372 e. The molecule has 2 aliphatic heterocycles. The van der Waals surface area contributed by atoms with Crippen molar-refractivity contribution in [2.24, 2.45) is 0 Å². The van der Waals surface area contributed by atoms with Gasteiger partial charge in [-0.3, -0.25) is 14.5 Å². The number of hydrogen-bond acceptors (Lipinski definition) is 4. The second-order valence-electron chi connectivity index (χ2n) is 7.89. The van der Waals surface area contributed by atoms with Crippen molar-refractivity contribution in [1.29, 1.82) is 0 Å². The maximum Gasteiger partial charge on any atom is 0.277 e. The van der Waals surface area contributed by atoms with Crippen LogP contribution in [-0.4, -0.2) is 53.5 Å². The molecule has 0 radical (unpaired) electrons. The Morgan fingerprint density at radius 1 is 0.933 bits per heavy atom. The van der Waals surface area contributed by atoms with E-state index in [9.17, 15) is 14.0 Å². The Morgan fingerprint density at radius 2 is 1.57 bits per heavy atom. The molecule has 5 nitrogen and oxygen atoms in total. The molecule has 2 aliphatic rings. The van der Waals surface area contributed by atoms with Gasteiger partial charge in [0.25, 0.3) is 11.8 Å². The minimum atomic E-state index is -0.307. The molecule has 2 unspecified atom stereocenters. The average Bonchev–Trinajstić information content (AvgIpc) is 2.97. The van der Waals surface area contributed by atoms with Gasteiger partial charge in [-0.05, 0) is 43.5 Å². The zero-order valence-corrected chi connectivity index (χ0v) is 17.2. The number of hydrogen-bond donors (Lipinski definition) is 0. The Kier molecular flexibility index (Phi) is 5.68. The summed E-state index contributed by atoms with van der Waals surface area (Å²) in [6.07, 6.45) is 0.409. The molecule has 2 aromatic rings. The zero-order chi connectivity index (χ0) is 21.3. The highest BCUT2D eigenvalue weighted by Gasteiger charge is 2.42. The molecule has 0 aliphatic carbocycles. The number of carbonyl (C=O) groups is 2. The largest absolute Gasteiger partial charge is 0.372 e. The normalized spacial score (nSPS) is 22.2. The van der Waals surface area contributed by atoms with Crippen molar-refractivity contribution in [3.63, 3.8) is 0 Å². The Morgan fingerprint density at radius 3 is 2.20 bits per heavy atom. The monoisotopic (exact) mass is 408 g/mol. The molecule has 1 saturated heterocycles. The number of amides is 2. The third-order valence-corrected chi connectivity index (χ3v) is 5.48. The first kappa shape index (κ1) is 20.3. The second kappa shape index (κ2) is 8.40. The van der Waals surface area contributed by atoms with Crippen LogP contribution in [-0.2, 0) is 20.7 Å². The summed E-state index contributed by atoms with van der Waals surface area (Å²) in [6, 6.07) is 15.5. The highest BCUT2D eigenvalue weighted by atomic mass is 19.1. The van der Waals surface area contributed by atoms with E-state index in [1.165, 1.54) is 17.0 Å². The quantitative estimate of drug-likeness (QED) is 0.713. The van der Waals surface area contributed by atoms with Crippen LogP contribution in [0, 0.1) is 5.82 Å². The van der Waals surface area contributed by atoms with Crippen LogP contribution in [0.15, 0.2) is 60.3 Å². The van der Waals surface area contributed by atoms with Crippen molar-refractivity contribution < 1.29 is 18.7 Å². The maximum atomic E-state index is 13.4. The summed E-state index contributed by atoms with van der Waals surface area (Å²) in [7, 11) is 0. The lowest BCUT2D eigenvalue weighted by molar-refractivity contribution is -0.138. The molecule has 2 aromatic carbocycles. The van der Waals surface area contributed by atoms with Gasteiger partial charge in [0, 0.05) is 19.6 Å². The SMILES string of the molecule is CC1CN(C2=C(c3ccccc3)C(=O)N(CCc3ccc(F)cc3)C2=O)CC(C)O1. The van der Waals surface area contributed by atoms with Crippen LogP contribution in [0.2, 0.25) is 0 Å². The smallest absolute Gasteiger partial charge is 0.277 e. The van der Waals surface area contributed by atoms with E-state index in [2.05, 4.69) is 0 Å². The molecular formula is C24H25FN2O3. The van der Waals surface area contributed by atoms with Gasteiger partial charge in [-0.2, -0.15) is 0 Å². The van der Waals surface area contributed by atoms with E-state index in [0.29, 0.717) is 30.8 Å². The van der Waals surface area contributed by atoms with Gasteiger partial charge in [0.2, 0.25) is 0 Å². The fraction of sp³-hybridized carbons (Fsp3) is 0.333. The molecule has 6 heteroatoms. The molecule has 0 aromatic heterocycles. The van der Waals surface area contributed by atoms with Crippen LogP contribution >= 0.6 is 0 Å². The molecule has 0 saturated carbocycles. The van der Waals surface area contributed by atoms with E-state index in [-0.39, 0.29) is 36.4 Å². The number of benzene rings is 2. The van der Waals surface area contributed by atoms with Gasteiger partial charge in [0.1, 0.15) is 11.5 Å². The number of rotatable bonds is 5. The Bertz CT molecular complexity index is 962. The molecule has 0 bridgehead atoms. The van der Waals surface area contributed by atoms with Gasteiger partial charge < -0.3 is 9.64 Å². The summed E-state index contributed by atoms with van der Waals surface area (Å²) >= 11 is 0. The van der Waals surface area contributed by atoms with Crippen molar-refractivity contribution in [2.75, 3.05) is 19.6 Å². The van der Waals surface area contributed by atoms with E-state index in [1.54, 1.807) is 12.1 Å². The van der Waals surface area contributed by atoms with Crippen LogP contribution < -0.4 is 0 Å². The molecule has 0 spiro atoms. The number of morpholine rings is 1. The Labute approximate surface area is 175 Å². The molecular weight excluding hydrogens is 383 g/mol. The number of imide groups is 1. The topological polar surface area (TPSA) is 49.9 Å². The summed E-state index contributed by atoms with van der Waals surface area (Å²) < 4.78 is 19.0. The highest BCUT2D eigenvalue weighted by Crippen LogP contribution is 2.33. The molecule has 156 valence electrons. The Balaban J connectivity index is 1.64. The van der Waals surface area contributed by atoms with E-state index >= 15 is 0 Å². The van der Waals surface area contributed by atoms with Crippen molar-refractivity contribution >= 4 is 17.4 Å².